The second-order valence-electron chi connectivity index (χ2n) is 0.448. The van der Waals surface area contributed by atoms with Crippen molar-refractivity contribution in [2.75, 3.05) is 0 Å². The molecular formula is H2O5PbS. The van der Waals surface area contributed by atoms with E-state index in [0.29, 0.717) is 0 Å². The fraction of sp³-hybridized carbons (Fsp3) is 0. The first-order valence-electron chi connectivity index (χ1n) is 0.903. The van der Waals surface area contributed by atoms with Crippen LogP contribution >= 0.6 is 0 Å². The van der Waals surface area contributed by atoms with Crippen LogP contribution in [-0.2, 0) is 13.1 Å². The van der Waals surface area contributed by atoms with Gasteiger partial charge in [0.1, 0.15) is 0 Å². The van der Waals surface area contributed by atoms with Crippen LogP contribution in [0.2, 0.25) is 0 Å². The van der Waals surface area contributed by atoms with Crippen LogP contribution in [0.5, 0.6) is 0 Å². The first-order valence-corrected chi connectivity index (χ1v) is 3.89. The molecule has 0 aliphatic heterocycles. The summed E-state index contributed by atoms with van der Waals surface area (Å²) in [6, 6.07) is 0. The van der Waals surface area contributed by atoms with Crippen molar-refractivity contribution in [3.05, 3.63) is 0 Å². The van der Waals surface area contributed by atoms with E-state index >= 15 is 0 Å². The van der Waals surface area contributed by atoms with E-state index in [0.717, 1.165) is 0 Å². The van der Waals surface area contributed by atoms with Gasteiger partial charge in [-0.1, -0.05) is 0 Å². The third-order valence-corrected chi connectivity index (χ3v) is 0. The molecule has 0 aliphatic carbocycles. The zero-order valence-electron chi connectivity index (χ0n) is 3.03. The topological polar surface area (TPSA) is 91.7 Å². The average Bonchev–Trinajstić information content (AvgIpc) is 1.36. The van der Waals surface area contributed by atoms with Gasteiger partial charge in [-0.2, -0.15) is 8.42 Å². The quantitative estimate of drug-likeness (QED) is 0.434. The van der Waals surface area contributed by atoms with Gasteiger partial charge in [-0.05, 0) is 0 Å². The molecule has 0 saturated heterocycles. The molecule has 5 nitrogen and oxygen atoms in total. The van der Waals surface area contributed by atoms with Crippen LogP contribution in [-0.4, -0.2) is 43.3 Å². The van der Waals surface area contributed by atoms with E-state index in [9.17, 15) is 0 Å². The maximum absolute atomic E-state index is 8.74. The zero-order chi connectivity index (χ0) is 6.50. The predicted octanol–water partition coefficient (Wildman–Crippen LogP) is -1.15. The number of hydrogen-bond donors (Lipinski definition) is 2. The van der Waals surface area contributed by atoms with Crippen molar-refractivity contribution in [3.8, 4) is 0 Å². The van der Waals surface area contributed by atoms with Gasteiger partial charge in [-0.15, -0.1) is 0 Å². The number of rotatable bonds is 0. The Morgan fingerprint density at radius 1 is 1.14 bits per heavy atom. The van der Waals surface area contributed by atoms with Gasteiger partial charge in [0, 0.05) is 0 Å². The van der Waals surface area contributed by atoms with Gasteiger partial charge < -0.3 is 0 Å². The van der Waals surface area contributed by atoms with Gasteiger partial charge in [-0.3, -0.25) is 9.11 Å². The Balaban J connectivity index is 0. The Hall–Kier alpha value is 0.592. The molecule has 0 aromatic heterocycles. The normalized spacial score (nSPS) is 8.86. The molecule has 0 rings (SSSR count). The molecule has 0 spiro atoms. The van der Waals surface area contributed by atoms with Gasteiger partial charge in [-0.25, -0.2) is 0 Å². The van der Waals surface area contributed by atoms with Crippen molar-refractivity contribution in [1.82, 2.24) is 0 Å². The Kier molecular flexibility index (Phi) is 7.15. The molecule has 42 valence electrons. The van der Waals surface area contributed by atoms with Crippen molar-refractivity contribution in [2.45, 2.75) is 0 Å². The molecule has 0 fully saturated rings. The predicted molar refractivity (Wildman–Crippen MR) is 20.6 cm³/mol. The zero-order valence-corrected chi connectivity index (χ0v) is 7.73. The van der Waals surface area contributed by atoms with E-state index in [-0.39, 0.29) is 25.8 Å². The standard InChI is InChI=1S/H2O4S.O.Pb/c1-5(2,3)4;;/h(H2,1,2,3,4);;. The van der Waals surface area contributed by atoms with Crippen molar-refractivity contribution < 1.29 is 20.2 Å². The average molecular weight is 321 g/mol. The molecule has 0 amide bonds. The number of hydrogen-bond acceptors (Lipinski definition) is 3. The first-order chi connectivity index (χ1) is 3.00. The van der Waals surface area contributed by atoms with E-state index in [2.05, 4.69) is 0 Å². The third kappa shape index (κ3) is 397. The molecule has 0 aromatic carbocycles. The molecule has 0 saturated carbocycles. The van der Waals surface area contributed by atoms with E-state index in [4.69, 9.17) is 20.2 Å². The van der Waals surface area contributed by atoms with Crippen LogP contribution in [0, 0.1) is 0 Å². The molecule has 0 unspecified atom stereocenters. The SMILES string of the molecule is O=S(=O)(O)O.[O]=[Pb]. The molecule has 0 aromatic rings. The van der Waals surface area contributed by atoms with E-state index in [1.54, 1.807) is 0 Å². The first kappa shape index (κ1) is 10.6. The molecular weight excluding hydrogens is 319 g/mol. The minimum atomic E-state index is -4.67. The minimum absolute atomic E-state index is 0.0556. The van der Waals surface area contributed by atoms with Crippen molar-refractivity contribution in [3.63, 3.8) is 0 Å². The molecule has 0 aliphatic rings. The van der Waals surface area contributed by atoms with Gasteiger partial charge in [0.2, 0.25) is 0 Å². The van der Waals surface area contributed by atoms with E-state index in [1.165, 1.54) is 0 Å². The summed E-state index contributed by atoms with van der Waals surface area (Å²) in [7, 11) is -4.67. The fourth-order valence-electron chi connectivity index (χ4n) is 0. The summed E-state index contributed by atoms with van der Waals surface area (Å²) in [6.07, 6.45) is 0. The molecule has 0 atom stereocenters. The summed E-state index contributed by atoms with van der Waals surface area (Å²) in [4.78, 5) is 0. The second kappa shape index (κ2) is 4.74. The van der Waals surface area contributed by atoms with E-state index < -0.39 is 10.4 Å². The Morgan fingerprint density at radius 2 is 1.14 bits per heavy atom. The van der Waals surface area contributed by atoms with Crippen molar-refractivity contribution >= 4 is 36.2 Å². The van der Waals surface area contributed by atoms with Gasteiger partial charge in [0.25, 0.3) is 0 Å². The molecule has 2 N–H and O–H groups in total. The summed E-state index contributed by atoms with van der Waals surface area (Å²) >= 11 is 0.0556. The summed E-state index contributed by atoms with van der Waals surface area (Å²) in [6.45, 7) is 0. The van der Waals surface area contributed by atoms with Crippen LogP contribution in [0.15, 0.2) is 0 Å². The summed E-state index contributed by atoms with van der Waals surface area (Å²) in [5.74, 6) is 0. The Bertz CT molecular complexity index is 102. The van der Waals surface area contributed by atoms with Crippen molar-refractivity contribution in [1.29, 1.82) is 0 Å². The Labute approximate surface area is 56.5 Å². The second-order valence-corrected chi connectivity index (χ2v) is 1.34. The van der Waals surface area contributed by atoms with Crippen LogP contribution < -0.4 is 0 Å². The third-order valence-electron chi connectivity index (χ3n) is 0. The molecule has 2 radical (unpaired) electrons. The van der Waals surface area contributed by atoms with Gasteiger partial charge in [0.15, 0.2) is 0 Å². The summed E-state index contributed by atoms with van der Waals surface area (Å²) < 4.78 is 40.0. The molecule has 0 heterocycles. The van der Waals surface area contributed by atoms with Gasteiger partial charge in [0.05, 0.1) is 0 Å². The van der Waals surface area contributed by atoms with Crippen LogP contribution in [0.1, 0.15) is 0 Å². The van der Waals surface area contributed by atoms with Crippen LogP contribution in [0.25, 0.3) is 0 Å². The molecule has 7 heavy (non-hydrogen) atoms. The molecule has 7 heteroatoms. The van der Waals surface area contributed by atoms with Crippen molar-refractivity contribution in [2.24, 2.45) is 0 Å². The molecule has 0 bridgehead atoms. The summed E-state index contributed by atoms with van der Waals surface area (Å²) in [5, 5.41) is 0. The van der Waals surface area contributed by atoms with Crippen LogP contribution in [0.3, 0.4) is 0 Å². The maximum atomic E-state index is 8.74. The van der Waals surface area contributed by atoms with Gasteiger partial charge >= 0.3 is 38.9 Å². The van der Waals surface area contributed by atoms with E-state index in [1.807, 2.05) is 0 Å². The summed E-state index contributed by atoms with van der Waals surface area (Å²) in [5.41, 5.74) is 0. The van der Waals surface area contributed by atoms with Crippen LogP contribution in [0.4, 0.5) is 0 Å². The monoisotopic (exact) mass is 322 g/mol. The fourth-order valence-corrected chi connectivity index (χ4v) is 0. The Morgan fingerprint density at radius 3 is 1.14 bits per heavy atom.